The number of hydrogen-bond acceptors (Lipinski definition) is 2. The third-order valence-corrected chi connectivity index (χ3v) is 3.28. The fourth-order valence-electron chi connectivity index (χ4n) is 2.39. The molecular formula is C12H15F3N2. The first-order chi connectivity index (χ1) is 7.97. The highest BCUT2D eigenvalue weighted by atomic mass is 19.2. The summed E-state index contributed by atoms with van der Waals surface area (Å²) in [6, 6.07) is 0.962. The van der Waals surface area contributed by atoms with E-state index in [4.69, 9.17) is 5.73 Å². The number of halogens is 3. The first-order valence-electron chi connectivity index (χ1n) is 5.59. The van der Waals surface area contributed by atoms with Crippen LogP contribution in [0.2, 0.25) is 0 Å². The molecule has 0 saturated carbocycles. The maximum atomic E-state index is 13.6. The monoisotopic (exact) mass is 244 g/mol. The molecule has 0 bridgehead atoms. The smallest absolute Gasteiger partial charge is 0.194 e. The van der Waals surface area contributed by atoms with Gasteiger partial charge in [0, 0.05) is 30.7 Å². The number of rotatable bonds is 2. The minimum Gasteiger partial charge on any atom is -0.329 e. The fraction of sp³-hybridized carbons (Fsp3) is 0.500. The zero-order valence-electron chi connectivity index (χ0n) is 9.80. The van der Waals surface area contributed by atoms with Gasteiger partial charge in [-0.1, -0.05) is 0 Å². The molecule has 1 aromatic rings. The van der Waals surface area contributed by atoms with Crippen LogP contribution in [-0.2, 0) is 6.54 Å². The minimum absolute atomic E-state index is 0.140. The molecule has 1 aromatic carbocycles. The van der Waals surface area contributed by atoms with Crippen LogP contribution >= 0.6 is 0 Å². The third kappa shape index (κ3) is 1.83. The van der Waals surface area contributed by atoms with Crippen LogP contribution in [0.15, 0.2) is 6.07 Å². The molecule has 1 unspecified atom stereocenters. The van der Waals surface area contributed by atoms with Gasteiger partial charge in [-0.25, -0.2) is 13.2 Å². The normalized spacial score (nSPS) is 20.1. The molecule has 17 heavy (non-hydrogen) atoms. The predicted octanol–water partition coefficient (Wildman–Crippen LogP) is 2.33. The molecule has 1 aliphatic rings. The van der Waals surface area contributed by atoms with Crippen LogP contribution in [0.3, 0.4) is 0 Å². The van der Waals surface area contributed by atoms with Crippen LogP contribution in [0, 0.1) is 17.5 Å². The number of benzene rings is 1. The summed E-state index contributed by atoms with van der Waals surface area (Å²) in [5.74, 6) is -3.63. The van der Waals surface area contributed by atoms with Crippen molar-refractivity contribution < 1.29 is 13.2 Å². The molecule has 1 heterocycles. The largest absolute Gasteiger partial charge is 0.329 e. The van der Waals surface area contributed by atoms with Gasteiger partial charge in [0.15, 0.2) is 17.5 Å². The van der Waals surface area contributed by atoms with Gasteiger partial charge in [0.1, 0.15) is 0 Å². The Kier molecular flexibility index (Phi) is 3.14. The Bertz CT molecular complexity index is 446. The van der Waals surface area contributed by atoms with Crippen molar-refractivity contribution in [3.63, 3.8) is 0 Å². The molecule has 0 radical (unpaired) electrons. The van der Waals surface area contributed by atoms with Crippen LogP contribution < -0.4 is 5.73 Å². The van der Waals surface area contributed by atoms with Crippen LogP contribution in [0.1, 0.15) is 31.0 Å². The molecule has 2 nitrogen and oxygen atoms in total. The van der Waals surface area contributed by atoms with Gasteiger partial charge in [-0.15, -0.1) is 0 Å². The minimum atomic E-state index is -1.40. The second-order valence-corrected chi connectivity index (χ2v) is 4.57. The molecule has 1 atom stereocenters. The summed E-state index contributed by atoms with van der Waals surface area (Å²) in [6.07, 6.45) is 0. The van der Waals surface area contributed by atoms with E-state index in [1.165, 1.54) is 0 Å². The van der Waals surface area contributed by atoms with Crippen molar-refractivity contribution in [1.29, 1.82) is 0 Å². The summed E-state index contributed by atoms with van der Waals surface area (Å²) < 4.78 is 40.0. The molecular weight excluding hydrogens is 229 g/mol. The summed E-state index contributed by atoms with van der Waals surface area (Å²) in [7, 11) is 0. The van der Waals surface area contributed by atoms with Gasteiger partial charge in [-0.3, -0.25) is 4.90 Å². The third-order valence-electron chi connectivity index (χ3n) is 3.28. The molecule has 0 aromatic heterocycles. The van der Waals surface area contributed by atoms with Gasteiger partial charge in [-0.05, 0) is 25.5 Å². The number of nitrogens with zero attached hydrogens (tertiary/aromatic N) is 1. The molecule has 94 valence electrons. The lowest BCUT2D eigenvalue weighted by atomic mass is 10.0. The van der Waals surface area contributed by atoms with Crippen LogP contribution in [0.4, 0.5) is 13.2 Å². The highest BCUT2D eigenvalue weighted by Gasteiger charge is 2.35. The zero-order chi connectivity index (χ0) is 12.7. The molecule has 0 aliphatic carbocycles. The van der Waals surface area contributed by atoms with Crippen molar-refractivity contribution in [3.8, 4) is 0 Å². The maximum absolute atomic E-state index is 13.6. The average molecular weight is 244 g/mol. The summed E-state index contributed by atoms with van der Waals surface area (Å²) >= 11 is 0. The maximum Gasteiger partial charge on any atom is 0.194 e. The first-order valence-corrected chi connectivity index (χ1v) is 5.59. The van der Waals surface area contributed by atoms with Crippen molar-refractivity contribution in [2.75, 3.05) is 6.54 Å². The van der Waals surface area contributed by atoms with E-state index in [2.05, 4.69) is 0 Å². The van der Waals surface area contributed by atoms with Crippen molar-refractivity contribution in [2.24, 2.45) is 5.73 Å². The van der Waals surface area contributed by atoms with E-state index < -0.39 is 17.5 Å². The molecule has 2 rings (SSSR count). The molecule has 2 N–H and O–H groups in total. The van der Waals surface area contributed by atoms with E-state index in [-0.39, 0.29) is 30.7 Å². The van der Waals surface area contributed by atoms with E-state index in [9.17, 15) is 13.2 Å². The highest BCUT2D eigenvalue weighted by Crippen LogP contribution is 2.37. The van der Waals surface area contributed by atoms with E-state index in [0.29, 0.717) is 5.56 Å². The average Bonchev–Trinajstić information content (AvgIpc) is 2.64. The number of fused-ring (bicyclic) bond motifs is 1. The lowest BCUT2D eigenvalue weighted by Crippen LogP contribution is -2.33. The Morgan fingerprint density at radius 2 is 2.00 bits per heavy atom. The number of nitrogens with two attached hydrogens (primary N) is 1. The summed E-state index contributed by atoms with van der Waals surface area (Å²) in [5, 5.41) is 0. The Labute approximate surface area is 98.2 Å². The Morgan fingerprint density at radius 1 is 1.35 bits per heavy atom. The van der Waals surface area contributed by atoms with Gasteiger partial charge in [0.2, 0.25) is 0 Å². The standard InChI is InChI=1S/C12H15F3N2/c1-6(2)17-5-8-7(10(17)4-16)3-9(13)12(15)11(8)14/h3,6,10H,4-5,16H2,1-2H3. The van der Waals surface area contributed by atoms with E-state index in [0.717, 1.165) is 6.07 Å². The van der Waals surface area contributed by atoms with Gasteiger partial charge < -0.3 is 5.73 Å². The topological polar surface area (TPSA) is 29.3 Å². The lowest BCUT2D eigenvalue weighted by Gasteiger charge is -2.27. The summed E-state index contributed by atoms with van der Waals surface area (Å²) in [4.78, 5) is 1.94. The number of hydrogen-bond donors (Lipinski definition) is 1. The Hall–Kier alpha value is -1.07. The Morgan fingerprint density at radius 3 is 2.53 bits per heavy atom. The zero-order valence-corrected chi connectivity index (χ0v) is 9.80. The molecule has 0 fully saturated rings. The van der Waals surface area contributed by atoms with Crippen molar-refractivity contribution in [2.45, 2.75) is 32.5 Å². The van der Waals surface area contributed by atoms with Gasteiger partial charge in [-0.2, -0.15) is 0 Å². The SMILES string of the molecule is CC(C)N1Cc2c(cc(F)c(F)c2F)C1CN. The quantitative estimate of drug-likeness (QED) is 0.809. The second-order valence-electron chi connectivity index (χ2n) is 4.57. The summed E-state index contributed by atoms with van der Waals surface area (Å²) in [6.45, 7) is 4.42. The fourth-order valence-corrected chi connectivity index (χ4v) is 2.39. The second kappa shape index (κ2) is 4.31. The molecule has 0 spiro atoms. The van der Waals surface area contributed by atoms with E-state index in [1.54, 1.807) is 0 Å². The van der Waals surface area contributed by atoms with Crippen LogP contribution in [0.25, 0.3) is 0 Å². The van der Waals surface area contributed by atoms with Gasteiger partial charge >= 0.3 is 0 Å². The first kappa shape index (κ1) is 12.4. The molecule has 0 saturated heterocycles. The summed E-state index contributed by atoms with van der Waals surface area (Å²) in [5.41, 5.74) is 6.33. The highest BCUT2D eigenvalue weighted by molar-refractivity contribution is 5.37. The molecule has 5 heteroatoms. The lowest BCUT2D eigenvalue weighted by molar-refractivity contribution is 0.171. The van der Waals surface area contributed by atoms with Crippen molar-refractivity contribution >= 4 is 0 Å². The Balaban J connectivity index is 2.53. The molecule has 0 amide bonds. The van der Waals surface area contributed by atoms with Crippen LogP contribution in [0.5, 0.6) is 0 Å². The van der Waals surface area contributed by atoms with Crippen LogP contribution in [-0.4, -0.2) is 17.5 Å². The van der Waals surface area contributed by atoms with Crippen molar-refractivity contribution in [1.82, 2.24) is 4.90 Å². The van der Waals surface area contributed by atoms with Gasteiger partial charge in [0.05, 0.1) is 0 Å². The van der Waals surface area contributed by atoms with Gasteiger partial charge in [0.25, 0.3) is 0 Å². The van der Waals surface area contributed by atoms with E-state index in [1.807, 2.05) is 18.7 Å². The predicted molar refractivity (Wildman–Crippen MR) is 58.8 cm³/mol. The van der Waals surface area contributed by atoms with E-state index >= 15 is 0 Å². The molecule has 1 aliphatic heterocycles. The van der Waals surface area contributed by atoms with Crippen molar-refractivity contribution in [3.05, 3.63) is 34.6 Å².